The Labute approximate surface area is 235 Å². The topological polar surface area (TPSA) is 101 Å². The molecule has 40 heavy (non-hydrogen) atoms. The molecular weight excluding hydrogens is 507 g/mol. The van der Waals surface area contributed by atoms with Gasteiger partial charge in [-0.05, 0) is 69.5 Å². The molecule has 9 heteroatoms. The summed E-state index contributed by atoms with van der Waals surface area (Å²) < 4.78 is 27.6. The number of ether oxygens (including phenoxy) is 2. The number of halogens is 1. The van der Waals surface area contributed by atoms with E-state index in [4.69, 9.17) is 25.2 Å². The number of alkyl halides is 1. The minimum Gasteiger partial charge on any atom is -0.461 e. The predicted molar refractivity (Wildman–Crippen MR) is 150 cm³/mol. The first kappa shape index (κ1) is 26.0. The van der Waals surface area contributed by atoms with Crippen molar-refractivity contribution in [3.05, 3.63) is 40.1 Å². The highest BCUT2D eigenvalue weighted by Crippen LogP contribution is 2.51. The van der Waals surface area contributed by atoms with Crippen molar-refractivity contribution in [2.45, 2.75) is 101 Å². The molecule has 1 aliphatic carbocycles. The van der Waals surface area contributed by atoms with Gasteiger partial charge in [-0.3, -0.25) is 4.90 Å². The van der Waals surface area contributed by atoms with Gasteiger partial charge in [0.1, 0.15) is 30.3 Å². The zero-order valence-electron chi connectivity index (χ0n) is 23.6. The van der Waals surface area contributed by atoms with Crippen LogP contribution >= 0.6 is 0 Å². The van der Waals surface area contributed by atoms with E-state index < -0.39 is 11.8 Å². The van der Waals surface area contributed by atoms with Gasteiger partial charge in [-0.25, -0.2) is 4.39 Å². The second kappa shape index (κ2) is 9.56. The van der Waals surface area contributed by atoms with E-state index in [0.29, 0.717) is 61.8 Å². The van der Waals surface area contributed by atoms with Gasteiger partial charge in [0.05, 0.1) is 23.4 Å². The summed E-state index contributed by atoms with van der Waals surface area (Å²) in [5, 5.41) is 10.1. The first-order chi connectivity index (χ1) is 19.3. The number of rotatable bonds is 4. The Morgan fingerprint density at radius 3 is 2.88 bits per heavy atom. The lowest BCUT2D eigenvalue weighted by atomic mass is 9.69. The summed E-state index contributed by atoms with van der Waals surface area (Å²) in [5.74, 6) is 1.22. The van der Waals surface area contributed by atoms with Gasteiger partial charge in [0.2, 0.25) is 0 Å². The van der Waals surface area contributed by atoms with Crippen molar-refractivity contribution in [3.63, 3.8) is 0 Å². The van der Waals surface area contributed by atoms with Crippen LogP contribution in [0.15, 0.2) is 12.1 Å². The van der Waals surface area contributed by atoms with Crippen molar-refractivity contribution in [1.29, 1.82) is 5.26 Å². The van der Waals surface area contributed by atoms with Gasteiger partial charge in [0, 0.05) is 48.8 Å². The summed E-state index contributed by atoms with van der Waals surface area (Å²) in [4.78, 5) is 14.6. The van der Waals surface area contributed by atoms with Gasteiger partial charge in [-0.2, -0.15) is 15.2 Å². The van der Waals surface area contributed by atoms with Gasteiger partial charge in [0.25, 0.3) is 0 Å². The second-order valence-corrected chi connectivity index (χ2v) is 12.8. The van der Waals surface area contributed by atoms with E-state index in [1.54, 1.807) is 0 Å². The van der Waals surface area contributed by atoms with Gasteiger partial charge >= 0.3 is 6.01 Å². The van der Waals surface area contributed by atoms with E-state index in [0.717, 1.165) is 79.8 Å². The van der Waals surface area contributed by atoms with E-state index in [-0.39, 0.29) is 5.54 Å². The molecule has 2 N–H and O–H groups in total. The quantitative estimate of drug-likeness (QED) is 0.549. The van der Waals surface area contributed by atoms with Crippen LogP contribution in [0, 0.1) is 11.3 Å². The molecule has 5 aliphatic rings. The minimum absolute atomic E-state index is 0.262. The predicted octanol–water partition coefficient (Wildman–Crippen LogP) is 4.74. The molecule has 5 heterocycles. The van der Waals surface area contributed by atoms with Gasteiger partial charge in [-0.15, -0.1) is 0 Å². The van der Waals surface area contributed by atoms with E-state index in [1.807, 2.05) is 6.07 Å². The molecule has 1 aromatic carbocycles. The molecule has 8 nitrogen and oxygen atoms in total. The first-order valence-corrected chi connectivity index (χ1v) is 15.0. The molecule has 1 aromatic heterocycles. The fourth-order valence-corrected chi connectivity index (χ4v) is 8.23. The molecule has 3 saturated heterocycles. The Kier molecular flexibility index (Phi) is 6.21. The molecule has 212 valence electrons. The Morgan fingerprint density at radius 1 is 1.20 bits per heavy atom. The number of nitrogens with two attached hydrogens (primary N) is 1. The molecule has 0 radical (unpaired) electrons. The molecule has 4 aliphatic heterocycles. The number of aromatic nitrogens is 2. The SMILES string of the molecule is CC1CCC2(Cc3nc(OCC45CCCN4CC(F)C5)nc(N4CCCC4C)c3CO2)c2c1ccc(N)c2C#N. The molecule has 1 spiro atoms. The number of hydrogen-bond donors (Lipinski definition) is 1. The summed E-state index contributed by atoms with van der Waals surface area (Å²) in [7, 11) is 0. The van der Waals surface area contributed by atoms with E-state index >= 15 is 0 Å². The molecular formula is C31H39FN6O2. The Bertz CT molecular complexity index is 1380. The average molecular weight is 547 g/mol. The normalized spacial score (nSPS) is 33.0. The summed E-state index contributed by atoms with van der Waals surface area (Å²) in [6.07, 6.45) is 6.25. The highest BCUT2D eigenvalue weighted by molar-refractivity contribution is 5.64. The molecule has 2 aromatic rings. The number of hydrogen-bond acceptors (Lipinski definition) is 8. The zero-order chi connectivity index (χ0) is 27.6. The van der Waals surface area contributed by atoms with Crippen LogP contribution in [0.3, 0.4) is 0 Å². The largest absolute Gasteiger partial charge is 0.461 e. The molecule has 3 fully saturated rings. The summed E-state index contributed by atoms with van der Waals surface area (Å²) in [6, 6.07) is 7.03. The maximum absolute atomic E-state index is 14.4. The van der Waals surface area contributed by atoms with Crippen molar-refractivity contribution in [3.8, 4) is 12.1 Å². The number of nitriles is 1. The molecule has 0 amide bonds. The minimum atomic E-state index is -0.804. The van der Waals surface area contributed by atoms with Crippen molar-refractivity contribution in [2.75, 3.05) is 36.9 Å². The lowest BCUT2D eigenvalue weighted by molar-refractivity contribution is -0.0873. The first-order valence-electron chi connectivity index (χ1n) is 15.0. The maximum Gasteiger partial charge on any atom is 0.318 e. The second-order valence-electron chi connectivity index (χ2n) is 12.8. The van der Waals surface area contributed by atoms with Crippen LogP contribution in [0.5, 0.6) is 6.01 Å². The number of benzene rings is 1. The fraction of sp³-hybridized carbons (Fsp3) is 0.645. The van der Waals surface area contributed by atoms with Crippen LogP contribution in [0.4, 0.5) is 15.9 Å². The molecule has 0 saturated carbocycles. The van der Waals surface area contributed by atoms with Crippen LogP contribution in [0.2, 0.25) is 0 Å². The molecule has 5 unspecified atom stereocenters. The van der Waals surface area contributed by atoms with Gasteiger partial charge < -0.3 is 20.1 Å². The lowest BCUT2D eigenvalue weighted by Gasteiger charge is -2.45. The fourth-order valence-electron chi connectivity index (χ4n) is 8.23. The Hall–Kier alpha value is -2.96. The molecule has 7 rings (SSSR count). The monoisotopic (exact) mass is 546 g/mol. The third-order valence-corrected chi connectivity index (χ3v) is 10.4. The van der Waals surface area contributed by atoms with Crippen molar-refractivity contribution < 1.29 is 13.9 Å². The third kappa shape index (κ3) is 3.98. The number of nitrogens with zero attached hydrogens (tertiary/aromatic N) is 5. The lowest BCUT2D eigenvalue weighted by Crippen LogP contribution is -2.44. The maximum atomic E-state index is 14.4. The highest BCUT2D eigenvalue weighted by atomic mass is 19.1. The summed E-state index contributed by atoms with van der Waals surface area (Å²) in [6.45, 7) is 7.58. The smallest absolute Gasteiger partial charge is 0.318 e. The average Bonchev–Trinajstić information content (AvgIpc) is 3.62. The van der Waals surface area contributed by atoms with Gasteiger partial charge in [0.15, 0.2) is 0 Å². The Morgan fingerprint density at radius 2 is 2.08 bits per heavy atom. The van der Waals surface area contributed by atoms with Crippen LogP contribution in [-0.2, 0) is 23.4 Å². The van der Waals surface area contributed by atoms with Crippen LogP contribution < -0.4 is 15.4 Å². The molecule has 0 bridgehead atoms. The zero-order valence-corrected chi connectivity index (χ0v) is 23.6. The summed E-state index contributed by atoms with van der Waals surface area (Å²) >= 11 is 0. The van der Waals surface area contributed by atoms with E-state index in [9.17, 15) is 9.65 Å². The van der Waals surface area contributed by atoms with Crippen LogP contribution in [0.1, 0.15) is 92.7 Å². The summed E-state index contributed by atoms with van der Waals surface area (Å²) in [5.41, 5.74) is 10.4. The van der Waals surface area contributed by atoms with Crippen molar-refractivity contribution in [1.82, 2.24) is 14.9 Å². The van der Waals surface area contributed by atoms with Crippen LogP contribution in [0.25, 0.3) is 0 Å². The number of nitrogen functional groups attached to an aromatic ring is 1. The standard InChI is InChI=1S/C31H39FN6O2/c1-19-8-10-31(27-22(19)6-7-25(34)23(27)15-33)14-26-24(17-40-31)28(38-12-3-5-20(38)2)36-29(35-26)39-18-30-9-4-11-37(30)16-21(32)13-30/h6-7,19-21H,3-5,8-14,16-18,34H2,1-2H3. The van der Waals surface area contributed by atoms with E-state index in [2.05, 4.69) is 35.8 Å². The molecule has 5 atom stereocenters. The number of fused-ring (bicyclic) bond motifs is 4. The van der Waals surface area contributed by atoms with Crippen molar-refractivity contribution >= 4 is 11.5 Å². The highest BCUT2D eigenvalue weighted by Gasteiger charge is 2.50. The van der Waals surface area contributed by atoms with Crippen molar-refractivity contribution in [2.24, 2.45) is 0 Å². The third-order valence-electron chi connectivity index (χ3n) is 10.4. The van der Waals surface area contributed by atoms with E-state index in [1.165, 1.54) is 0 Å². The van der Waals surface area contributed by atoms with Crippen LogP contribution in [-0.4, -0.2) is 58.9 Å². The number of anilines is 2. The van der Waals surface area contributed by atoms with Gasteiger partial charge in [-0.1, -0.05) is 13.0 Å². The Balaban J connectivity index is 1.28.